The number of aliphatic carboxylic acids is 1. The fraction of sp³-hybridized carbons (Fsp3) is 0.706. The van der Waals surface area contributed by atoms with Crippen LogP contribution in [0.4, 0.5) is 0 Å². The van der Waals surface area contributed by atoms with Gasteiger partial charge in [0.25, 0.3) is 0 Å². The topological polar surface area (TPSA) is 234 Å². The number of carboxylic acid groups (broad SMARTS) is 1. The van der Waals surface area contributed by atoms with Gasteiger partial charge in [0.15, 0.2) is 0 Å². The van der Waals surface area contributed by atoms with Gasteiger partial charge in [-0.3, -0.25) is 19.2 Å². The maximum absolute atomic E-state index is 12.6. The van der Waals surface area contributed by atoms with Crippen LogP contribution in [0.25, 0.3) is 0 Å². The Kier molecular flexibility index (Phi) is 11.5. The van der Waals surface area contributed by atoms with Crippen molar-refractivity contribution in [1.82, 2.24) is 16.0 Å². The van der Waals surface area contributed by atoms with Gasteiger partial charge in [-0.2, -0.15) is 0 Å². The molecule has 172 valence electrons. The third-order valence-corrected chi connectivity index (χ3v) is 4.15. The Morgan fingerprint density at radius 3 is 1.80 bits per heavy atom. The second-order valence-electron chi connectivity index (χ2n) is 7.15. The van der Waals surface area contributed by atoms with E-state index < -0.39 is 72.4 Å². The molecule has 0 aromatic heterocycles. The van der Waals surface area contributed by atoms with Crippen molar-refractivity contribution in [1.29, 1.82) is 0 Å². The summed E-state index contributed by atoms with van der Waals surface area (Å²) in [6.07, 6.45) is -1.58. The van der Waals surface area contributed by atoms with E-state index in [9.17, 15) is 29.1 Å². The summed E-state index contributed by atoms with van der Waals surface area (Å²) in [5.41, 5.74) is 10.6. The van der Waals surface area contributed by atoms with Gasteiger partial charge < -0.3 is 42.7 Å². The van der Waals surface area contributed by atoms with Crippen molar-refractivity contribution in [3.05, 3.63) is 0 Å². The largest absolute Gasteiger partial charge is 0.480 e. The number of nitrogens with two attached hydrogens (primary N) is 2. The first-order chi connectivity index (χ1) is 13.8. The molecule has 0 aliphatic carbocycles. The highest BCUT2D eigenvalue weighted by Gasteiger charge is 2.33. The predicted octanol–water partition coefficient (Wildman–Crippen LogP) is -3.85. The summed E-state index contributed by atoms with van der Waals surface area (Å²) in [4.78, 5) is 58.8. The molecule has 30 heavy (non-hydrogen) atoms. The van der Waals surface area contributed by atoms with Crippen LogP contribution in [0.3, 0.4) is 0 Å². The van der Waals surface area contributed by atoms with Crippen LogP contribution in [0.5, 0.6) is 0 Å². The highest BCUT2D eigenvalue weighted by molar-refractivity contribution is 5.94. The van der Waals surface area contributed by atoms with Crippen LogP contribution in [0, 0.1) is 5.92 Å². The monoisotopic (exact) mass is 433 g/mol. The Labute approximate surface area is 173 Å². The number of hydrogen-bond donors (Lipinski definition) is 8. The lowest BCUT2D eigenvalue weighted by atomic mass is 10.0. The number of aliphatic hydroxyl groups is 2. The van der Waals surface area contributed by atoms with E-state index in [0.29, 0.717) is 0 Å². The predicted molar refractivity (Wildman–Crippen MR) is 103 cm³/mol. The van der Waals surface area contributed by atoms with Crippen LogP contribution in [-0.4, -0.2) is 81.8 Å². The van der Waals surface area contributed by atoms with Crippen molar-refractivity contribution in [2.75, 3.05) is 6.61 Å². The Bertz CT molecular complexity index is 640. The van der Waals surface area contributed by atoms with Gasteiger partial charge in [0.05, 0.1) is 18.8 Å². The van der Waals surface area contributed by atoms with Crippen LogP contribution in [-0.2, 0) is 24.0 Å². The highest BCUT2D eigenvalue weighted by Crippen LogP contribution is 2.05. The molecule has 5 unspecified atom stereocenters. The molecule has 0 saturated heterocycles. The first-order valence-electron chi connectivity index (χ1n) is 9.28. The van der Waals surface area contributed by atoms with Crippen molar-refractivity contribution in [3.8, 4) is 0 Å². The zero-order chi connectivity index (χ0) is 23.6. The third-order valence-electron chi connectivity index (χ3n) is 4.15. The maximum atomic E-state index is 12.6. The molecule has 5 atom stereocenters. The smallest absolute Gasteiger partial charge is 0.328 e. The minimum Gasteiger partial charge on any atom is -0.480 e. The molecule has 0 aliphatic heterocycles. The number of amides is 4. The molecule has 0 spiro atoms. The third kappa shape index (κ3) is 9.15. The van der Waals surface area contributed by atoms with Crippen molar-refractivity contribution in [3.63, 3.8) is 0 Å². The minimum absolute atomic E-state index is 0.0654. The minimum atomic E-state index is -1.56. The molecule has 10 N–H and O–H groups in total. The van der Waals surface area contributed by atoms with E-state index in [-0.39, 0.29) is 12.8 Å². The summed E-state index contributed by atoms with van der Waals surface area (Å²) in [5.74, 6) is -5.20. The number of nitrogens with one attached hydrogen (secondary N) is 3. The number of carboxylic acids is 1. The second kappa shape index (κ2) is 12.7. The van der Waals surface area contributed by atoms with Crippen LogP contribution in [0.1, 0.15) is 33.6 Å². The van der Waals surface area contributed by atoms with Crippen LogP contribution in [0.15, 0.2) is 0 Å². The Morgan fingerprint density at radius 1 is 0.900 bits per heavy atom. The molecule has 0 aromatic rings. The Hall–Kier alpha value is -2.77. The molecule has 0 aliphatic rings. The zero-order valence-corrected chi connectivity index (χ0v) is 17.1. The fourth-order valence-electron chi connectivity index (χ4n) is 2.32. The van der Waals surface area contributed by atoms with Crippen molar-refractivity contribution in [2.45, 2.75) is 63.9 Å². The number of primary amides is 1. The lowest BCUT2D eigenvalue weighted by Crippen LogP contribution is -2.61. The van der Waals surface area contributed by atoms with Gasteiger partial charge in [-0.25, -0.2) is 4.79 Å². The van der Waals surface area contributed by atoms with E-state index in [1.807, 2.05) is 0 Å². The average molecular weight is 433 g/mol. The molecular weight excluding hydrogens is 402 g/mol. The second-order valence-corrected chi connectivity index (χ2v) is 7.15. The fourth-order valence-corrected chi connectivity index (χ4v) is 2.32. The molecule has 13 nitrogen and oxygen atoms in total. The van der Waals surface area contributed by atoms with Gasteiger partial charge in [-0.05, 0) is 19.3 Å². The van der Waals surface area contributed by atoms with E-state index >= 15 is 0 Å². The molecule has 0 fully saturated rings. The summed E-state index contributed by atoms with van der Waals surface area (Å²) in [6.45, 7) is 3.54. The van der Waals surface area contributed by atoms with Crippen molar-refractivity contribution >= 4 is 29.6 Å². The van der Waals surface area contributed by atoms with Crippen molar-refractivity contribution < 1.29 is 39.3 Å². The quantitative estimate of drug-likeness (QED) is 0.142. The normalized spacial score (nSPS) is 16.0. The summed E-state index contributed by atoms with van der Waals surface area (Å²) >= 11 is 0. The van der Waals surface area contributed by atoms with Gasteiger partial charge in [-0.15, -0.1) is 0 Å². The number of aliphatic hydroxyl groups excluding tert-OH is 2. The number of carbonyl (C=O) groups is 5. The number of hydrogen-bond acceptors (Lipinski definition) is 8. The first kappa shape index (κ1) is 27.2. The highest BCUT2D eigenvalue weighted by atomic mass is 16.4. The van der Waals surface area contributed by atoms with Gasteiger partial charge in [0, 0.05) is 6.42 Å². The van der Waals surface area contributed by atoms with Crippen LogP contribution in [0.2, 0.25) is 0 Å². The van der Waals surface area contributed by atoms with E-state index in [1.54, 1.807) is 13.8 Å². The molecule has 0 heterocycles. The van der Waals surface area contributed by atoms with E-state index in [1.165, 1.54) is 6.92 Å². The molecule has 0 rings (SSSR count). The molecule has 0 bridgehead atoms. The standard InChI is InChI=1S/C17H31N5O8/c1-7(2)12(15(27)20-10(6-23)17(29)30)21-16(28)13(8(3)24)22-14(26)9(18)4-5-11(19)25/h7-10,12-13,23-24H,4-6,18H2,1-3H3,(H2,19,25)(H,20,27)(H,21,28)(H,22,26)(H,29,30). The van der Waals surface area contributed by atoms with Crippen molar-refractivity contribution in [2.24, 2.45) is 17.4 Å². The Balaban J connectivity index is 5.23. The number of rotatable bonds is 13. The van der Waals surface area contributed by atoms with Gasteiger partial charge in [-0.1, -0.05) is 13.8 Å². The Morgan fingerprint density at radius 2 is 1.40 bits per heavy atom. The first-order valence-corrected chi connectivity index (χ1v) is 9.28. The average Bonchev–Trinajstić information content (AvgIpc) is 2.64. The summed E-state index contributed by atoms with van der Waals surface area (Å²) < 4.78 is 0. The lowest BCUT2D eigenvalue weighted by molar-refractivity contribution is -0.143. The summed E-state index contributed by atoms with van der Waals surface area (Å²) in [7, 11) is 0. The zero-order valence-electron chi connectivity index (χ0n) is 17.1. The summed E-state index contributed by atoms with van der Waals surface area (Å²) in [5, 5.41) is 34.5. The van der Waals surface area contributed by atoms with Gasteiger partial charge in [0.2, 0.25) is 23.6 Å². The van der Waals surface area contributed by atoms with E-state index in [2.05, 4.69) is 16.0 Å². The molecule has 13 heteroatoms. The summed E-state index contributed by atoms with van der Waals surface area (Å²) in [6, 6.07) is -5.41. The van der Waals surface area contributed by atoms with Gasteiger partial charge >= 0.3 is 5.97 Å². The molecule has 0 aromatic carbocycles. The lowest BCUT2D eigenvalue weighted by Gasteiger charge is -2.27. The SMILES string of the molecule is CC(C)C(NC(=O)C(NC(=O)C(N)CCC(N)=O)C(C)O)C(=O)NC(CO)C(=O)O. The van der Waals surface area contributed by atoms with Gasteiger partial charge in [0.1, 0.15) is 18.1 Å². The maximum Gasteiger partial charge on any atom is 0.328 e. The van der Waals surface area contributed by atoms with Crippen LogP contribution >= 0.6 is 0 Å². The molecule has 4 amide bonds. The molecular formula is C17H31N5O8. The van der Waals surface area contributed by atoms with E-state index in [4.69, 9.17) is 21.7 Å². The molecule has 0 saturated carbocycles. The van der Waals surface area contributed by atoms with E-state index in [0.717, 1.165) is 0 Å². The number of carbonyl (C=O) groups excluding carboxylic acids is 4. The molecule has 0 radical (unpaired) electrons. The van der Waals surface area contributed by atoms with Crippen LogP contribution < -0.4 is 27.4 Å².